The first-order valence-electron chi connectivity index (χ1n) is 3.55. The number of imide groups is 1. The molecule has 0 aromatic rings. The summed E-state index contributed by atoms with van der Waals surface area (Å²) in [6.07, 6.45) is 0. The van der Waals surface area contributed by atoms with E-state index in [9.17, 15) is 9.59 Å². The van der Waals surface area contributed by atoms with Crippen LogP contribution in [0.4, 0.5) is 4.79 Å². The van der Waals surface area contributed by atoms with Crippen LogP contribution in [0.15, 0.2) is 5.16 Å². The SMILES string of the molecule is [CH2]CNC(=O)NC(=O)/C(C#N)=N\OC. The summed E-state index contributed by atoms with van der Waals surface area (Å²) in [5.41, 5.74) is -0.535. The Bertz CT molecular complexity index is 292. The minimum Gasteiger partial charge on any atom is -0.398 e. The van der Waals surface area contributed by atoms with Gasteiger partial charge >= 0.3 is 6.03 Å². The van der Waals surface area contributed by atoms with Crippen LogP contribution in [-0.4, -0.2) is 31.3 Å². The van der Waals surface area contributed by atoms with Crippen LogP contribution in [0, 0.1) is 18.3 Å². The number of hydrogen-bond donors (Lipinski definition) is 2. The molecule has 75 valence electrons. The fourth-order valence-corrected chi connectivity index (χ4v) is 0.524. The highest BCUT2D eigenvalue weighted by Gasteiger charge is 2.14. The van der Waals surface area contributed by atoms with Gasteiger partial charge in [0.25, 0.3) is 5.91 Å². The predicted molar refractivity (Wildman–Crippen MR) is 47.0 cm³/mol. The minimum absolute atomic E-state index is 0.127. The second-order valence-electron chi connectivity index (χ2n) is 1.94. The fraction of sp³-hybridized carbons (Fsp3) is 0.286. The van der Waals surface area contributed by atoms with Crippen molar-refractivity contribution >= 4 is 17.6 Å². The molecule has 7 nitrogen and oxygen atoms in total. The number of carbonyl (C=O) groups excluding carboxylic acids is 2. The third-order valence-electron chi connectivity index (χ3n) is 1.02. The quantitative estimate of drug-likeness (QED) is 0.455. The number of oxime groups is 1. The van der Waals surface area contributed by atoms with Crippen molar-refractivity contribution in [3.05, 3.63) is 6.92 Å². The zero-order chi connectivity index (χ0) is 11.0. The Labute approximate surface area is 80.7 Å². The van der Waals surface area contributed by atoms with Crippen molar-refractivity contribution in [2.75, 3.05) is 13.7 Å². The maximum atomic E-state index is 11.0. The van der Waals surface area contributed by atoms with Crippen molar-refractivity contribution in [1.82, 2.24) is 10.6 Å². The van der Waals surface area contributed by atoms with Crippen molar-refractivity contribution in [2.45, 2.75) is 0 Å². The van der Waals surface area contributed by atoms with Gasteiger partial charge in [-0.1, -0.05) is 5.16 Å². The summed E-state index contributed by atoms with van der Waals surface area (Å²) in [6.45, 7) is 3.46. The van der Waals surface area contributed by atoms with Gasteiger partial charge in [-0.25, -0.2) is 4.79 Å². The van der Waals surface area contributed by atoms with Gasteiger partial charge in [0.2, 0.25) is 5.71 Å². The second-order valence-corrected chi connectivity index (χ2v) is 1.94. The summed E-state index contributed by atoms with van der Waals surface area (Å²) in [7, 11) is 1.18. The van der Waals surface area contributed by atoms with Gasteiger partial charge in [0, 0.05) is 6.54 Å². The van der Waals surface area contributed by atoms with E-state index in [1.54, 1.807) is 0 Å². The van der Waals surface area contributed by atoms with Crippen molar-refractivity contribution < 1.29 is 14.4 Å². The molecule has 0 saturated carbocycles. The van der Waals surface area contributed by atoms with E-state index >= 15 is 0 Å². The number of nitriles is 1. The fourth-order valence-electron chi connectivity index (χ4n) is 0.524. The lowest BCUT2D eigenvalue weighted by molar-refractivity contribution is -0.113. The summed E-state index contributed by atoms with van der Waals surface area (Å²) in [5.74, 6) is -0.930. The number of nitrogens with one attached hydrogen (secondary N) is 2. The molecule has 0 aliphatic rings. The highest BCUT2D eigenvalue weighted by molar-refractivity contribution is 6.46. The summed E-state index contributed by atoms with van der Waals surface area (Å²) in [4.78, 5) is 26.0. The highest BCUT2D eigenvalue weighted by atomic mass is 16.6. The Morgan fingerprint density at radius 3 is 2.71 bits per heavy atom. The van der Waals surface area contributed by atoms with E-state index in [0.717, 1.165) is 0 Å². The average molecular weight is 197 g/mol. The Kier molecular flexibility index (Phi) is 5.46. The number of urea groups is 1. The number of carbonyl (C=O) groups is 2. The van der Waals surface area contributed by atoms with Gasteiger partial charge < -0.3 is 10.2 Å². The predicted octanol–water partition coefficient (Wildman–Crippen LogP) is -0.828. The van der Waals surface area contributed by atoms with Crippen molar-refractivity contribution in [2.24, 2.45) is 5.16 Å². The molecule has 0 unspecified atom stereocenters. The van der Waals surface area contributed by atoms with Crippen molar-refractivity contribution in [3.8, 4) is 6.07 Å². The van der Waals surface area contributed by atoms with E-state index in [4.69, 9.17) is 5.26 Å². The molecule has 0 rings (SSSR count). The molecule has 1 radical (unpaired) electrons. The lowest BCUT2D eigenvalue weighted by Crippen LogP contribution is -2.42. The zero-order valence-corrected chi connectivity index (χ0v) is 7.53. The first-order chi connectivity index (χ1) is 6.65. The molecule has 2 N–H and O–H groups in total. The molecule has 0 spiro atoms. The number of amides is 3. The van der Waals surface area contributed by atoms with Gasteiger partial charge in [0.05, 0.1) is 0 Å². The molecule has 0 fully saturated rings. The van der Waals surface area contributed by atoms with Crippen LogP contribution in [0.2, 0.25) is 0 Å². The standard InChI is InChI=1S/C7H9N4O3/c1-3-9-7(13)10-6(12)5(4-8)11-14-2/h1,3H2,2H3,(H2,9,10,12,13)/b11-5-. The van der Waals surface area contributed by atoms with Crippen molar-refractivity contribution in [3.63, 3.8) is 0 Å². The number of rotatable bonds is 3. The van der Waals surface area contributed by atoms with Crippen LogP contribution >= 0.6 is 0 Å². The van der Waals surface area contributed by atoms with E-state index in [2.05, 4.69) is 22.2 Å². The van der Waals surface area contributed by atoms with Gasteiger partial charge in [-0.05, 0) is 6.92 Å². The van der Waals surface area contributed by atoms with E-state index < -0.39 is 17.6 Å². The molecular formula is C7H9N4O3. The maximum Gasteiger partial charge on any atom is 0.321 e. The molecule has 7 heteroatoms. The van der Waals surface area contributed by atoms with Crippen LogP contribution in [0.25, 0.3) is 0 Å². The van der Waals surface area contributed by atoms with E-state index in [1.165, 1.54) is 13.2 Å². The Hall–Kier alpha value is -2.10. The monoisotopic (exact) mass is 197 g/mol. The second kappa shape index (κ2) is 6.42. The Morgan fingerprint density at radius 1 is 1.64 bits per heavy atom. The first-order valence-corrected chi connectivity index (χ1v) is 3.55. The van der Waals surface area contributed by atoms with Gasteiger partial charge in [-0.2, -0.15) is 5.26 Å². The molecule has 0 bridgehead atoms. The lowest BCUT2D eigenvalue weighted by Gasteiger charge is -2.01. The topological polar surface area (TPSA) is 104 Å². The largest absolute Gasteiger partial charge is 0.398 e. The van der Waals surface area contributed by atoms with Crippen LogP contribution in [0.3, 0.4) is 0 Å². The van der Waals surface area contributed by atoms with E-state index in [1.807, 2.05) is 5.32 Å². The van der Waals surface area contributed by atoms with Crippen LogP contribution < -0.4 is 10.6 Å². The van der Waals surface area contributed by atoms with E-state index in [0.29, 0.717) is 0 Å². The molecule has 14 heavy (non-hydrogen) atoms. The van der Waals surface area contributed by atoms with Gasteiger partial charge in [0.15, 0.2) is 0 Å². The Morgan fingerprint density at radius 2 is 2.29 bits per heavy atom. The molecule has 0 aromatic carbocycles. The normalized spacial score (nSPS) is 9.93. The van der Waals surface area contributed by atoms with Gasteiger partial charge in [0.1, 0.15) is 13.2 Å². The summed E-state index contributed by atoms with van der Waals surface area (Å²) < 4.78 is 0. The van der Waals surface area contributed by atoms with Crippen LogP contribution in [-0.2, 0) is 9.63 Å². The molecule has 0 aliphatic carbocycles. The molecule has 0 aliphatic heterocycles. The lowest BCUT2D eigenvalue weighted by atomic mass is 10.4. The van der Waals surface area contributed by atoms with Crippen LogP contribution in [0.5, 0.6) is 0 Å². The van der Waals surface area contributed by atoms with Gasteiger partial charge in [-0.3, -0.25) is 10.1 Å². The number of hydrogen-bond acceptors (Lipinski definition) is 5. The highest BCUT2D eigenvalue weighted by Crippen LogP contribution is 1.79. The van der Waals surface area contributed by atoms with Crippen molar-refractivity contribution in [1.29, 1.82) is 5.26 Å². The van der Waals surface area contributed by atoms with Gasteiger partial charge in [-0.15, -0.1) is 0 Å². The molecular weight excluding hydrogens is 188 g/mol. The first kappa shape index (κ1) is 11.9. The van der Waals surface area contributed by atoms with Crippen LogP contribution in [0.1, 0.15) is 0 Å². The third kappa shape index (κ3) is 4.06. The molecule has 0 saturated heterocycles. The zero-order valence-electron chi connectivity index (χ0n) is 7.53. The maximum absolute atomic E-state index is 11.0. The third-order valence-corrected chi connectivity index (χ3v) is 1.02. The molecule has 0 heterocycles. The summed E-state index contributed by atoms with van der Waals surface area (Å²) >= 11 is 0. The summed E-state index contributed by atoms with van der Waals surface area (Å²) in [5, 5.41) is 15.6. The molecule has 0 atom stereocenters. The minimum atomic E-state index is -0.930. The average Bonchev–Trinajstić information content (AvgIpc) is 2.14. The molecule has 3 amide bonds. The summed E-state index contributed by atoms with van der Waals surface area (Å²) in [6, 6.07) is 0.721. The Balaban J connectivity index is 4.27. The number of nitrogens with zero attached hydrogens (tertiary/aromatic N) is 2. The van der Waals surface area contributed by atoms with E-state index in [-0.39, 0.29) is 6.54 Å². The molecule has 0 aromatic heterocycles. The smallest absolute Gasteiger partial charge is 0.321 e.